The van der Waals surface area contributed by atoms with Crippen molar-refractivity contribution in [1.82, 2.24) is 4.98 Å². The summed E-state index contributed by atoms with van der Waals surface area (Å²) in [5, 5.41) is 0.803. The Labute approximate surface area is 137 Å². The fraction of sp³-hybridized carbons (Fsp3) is 0.375. The van der Waals surface area contributed by atoms with Crippen LogP contribution in [-0.2, 0) is 9.53 Å². The summed E-state index contributed by atoms with van der Waals surface area (Å²) < 4.78 is 4.17. The molecule has 1 fully saturated rings. The molecule has 0 bridgehead atoms. The third-order valence-corrected chi connectivity index (χ3v) is 5.32. The molecule has 116 valence electrons. The first-order chi connectivity index (χ1) is 10.3. The van der Waals surface area contributed by atoms with Crippen LogP contribution < -0.4 is 0 Å². The zero-order valence-corrected chi connectivity index (χ0v) is 13.7. The van der Waals surface area contributed by atoms with Crippen LogP contribution in [0.5, 0.6) is 0 Å². The molecule has 1 aromatic heterocycles. The Morgan fingerprint density at radius 3 is 2.59 bits per heavy atom. The summed E-state index contributed by atoms with van der Waals surface area (Å²) in [4.78, 5) is 27.7. The number of benzene rings is 1. The van der Waals surface area contributed by atoms with Crippen molar-refractivity contribution in [1.29, 1.82) is 0 Å². The molecule has 2 atom stereocenters. The van der Waals surface area contributed by atoms with E-state index in [-0.39, 0.29) is 5.78 Å². The first kappa shape index (κ1) is 15.4. The minimum atomic E-state index is -1.10. The standard InChI is InChI=1S/C16H15Cl2NO3/c1-9(22-14(21)15(2)8-16(15,17)18)13(20)11-7-19-12-6-4-3-5-10(11)12/h3-7,9,19H,8H2,1-2H3/t9-,15-/m0/s1. The van der Waals surface area contributed by atoms with E-state index in [0.717, 1.165) is 10.9 Å². The maximum atomic E-state index is 12.5. The summed E-state index contributed by atoms with van der Waals surface area (Å²) in [7, 11) is 0. The van der Waals surface area contributed by atoms with Crippen molar-refractivity contribution in [2.24, 2.45) is 5.41 Å². The second kappa shape index (κ2) is 5.00. The Bertz CT molecular complexity index is 768. The van der Waals surface area contributed by atoms with Crippen LogP contribution in [0.1, 0.15) is 30.6 Å². The van der Waals surface area contributed by atoms with Gasteiger partial charge in [0.05, 0.1) is 0 Å². The number of hydrogen-bond donors (Lipinski definition) is 1. The van der Waals surface area contributed by atoms with Gasteiger partial charge in [-0.1, -0.05) is 18.2 Å². The lowest BCUT2D eigenvalue weighted by Gasteiger charge is -2.16. The fourth-order valence-electron chi connectivity index (χ4n) is 2.46. The topological polar surface area (TPSA) is 59.2 Å². The van der Waals surface area contributed by atoms with Gasteiger partial charge in [-0.15, -0.1) is 23.2 Å². The average molecular weight is 340 g/mol. The van der Waals surface area contributed by atoms with Gasteiger partial charge in [-0.3, -0.25) is 9.59 Å². The number of ketones is 1. The molecule has 1 N–H and O–H groups in total. The molecule has 4 nitrogen and oxygen atoms in total. The summed E-state index contributed by atoms with van der Waals surface area (Å²) in [6, 6.07) is 7.46. The number of ether oxygens (including phenoxy) is 1. The number of aromatic amines is 1. The summed E-state index contributed by atoms with van der Waals surface area (Å²) >= 11 is 11.9. The number of aromatic nitrogens is 1. The van der Waals surface area contributed by atoms with E-state index in [9.17, 15) is 9.59 Å². The van der Waals surface area contributed by atoms with Gasteiger partial charge in [0, 0.05) is 29.1 Å². The predicted molar refractivity (Wildman–Crippen MR) is 85.3 cm³/mol. The van der Waals surface area contributed by atoms with Crippen LogP contribution in [0.15, 0.2) is 30.5 Å². The van der Waals surface area contributed by atoms with Crippen molar-refractivity contribution < 1.29 is 14.3 Å². The van der Waals surface area contributed by atoms with Gasteiger partial charge in [0.25, 0.3) is 0 Å². The number of hydrogen-bond acceptors (Lipinski definition) is 3. The number of esters is 1. The van der Waals surface area contributed by atoms with Crippen molar-refractivity contribution in [3.8, 4) is 0 Å². The molecule has 0 saturated heterocycles. The van der Waals surface area contributed by atoms with Crippen LogP contribution in [0.25, 0.3) is 10.9 Å². The third kappa shape index (κ3) is 2.31. The number of alkyl halides is 2. The molecule has 0 unspecified atom stereocenters. The summed E-state index contributed by atoms with van der Waals surface area (Å²) in [5.74, 6) is -0.803. The van der Waals surface area contributed by atoms with E-state index < -0.39 is 21.8 Å². The Morgan fingerprint density at radius 1 is 1.32 bits per heavy atom. The van der Waals surface area contributed by atoms with Gasteiger partial charge >= 0.3 is 5.97 Å². The largest absolute Gasteiger partial charge is 0.454 e. The lowest BCUT2D eigenvalue weighted by Crippen LogP contribution is -2.30. The van der Waals surface area contributed by atoms with Crippen LogP contribution in [0.2, 0.25) is 0 Å². The highest BCUT2D eigenvalue weighted by Crippen LogP contribution is 2.64. The Hall–Kier alpha value is -1.52. The van der Waals surface area contributed by atoms with E-state index in [4.69, 9.17) is 27.9 Å². The molecule has 1 aromatic carbocycles. The van der Waals surface area contributed by atoms with Crippen molar-refractivity contribution in [3.05, 3.63) is 36.0 Å². The normalized spacial score (nSPS) is 24.0. The monoisotopic (exact) mass is 339 g/mol. The van der Waals surface area contributed by atoms with Gasteiger partial charge in [0.15, 0.2) is 6.10 Å². The average Bonchev–Trinajstić information content (AvgIpc) is 2.85. The van der Waals surface area contributed by atoms with E-state index in [1.807, 2.05) is 24.3 Å². The molecular weight excluding hydrogens is 325 g/mol. The fourth-order valence-corrected chi connectivity index (χ4v) is 3.15. The maximum Gasteiger partial charge on any atom is 0.315 e. The first-order valence-electron chi connectivity index (χ1n) is 6.95. The van der Waals surface area contributed by atoms with E-state index >= 15 is 0 Å². The van der Waals surface area contributed by atoms with Crippen LogP contribution in [-0.4, -0.2) is 27.2 Å². The molecule has 0 radical (unpaired) electrons. The second-order valence-electron chi connectivity index (χ2n) is 5.87. The molecule has 1 aliphatic rings. The van der Waals surface area contributed by atoms with Gasteiger partial charge in [0.1, 0.15) is 9.75 Å². The molecule has 2 aromatic rings. The molecule has 22 heavy (non-hydrogen) atoms. The highest BCUT2D eigenvalue weighted by atomic mass is 35.5. The van der Waals surface area contributed by atoms with Gasteiger partial charge in [-0.2, -0.15) is 0 Å². The molecule has 0 amide bonds. The Morgan fingerprint density at radius 2 is 1.95 bits per heavy atom. The quantitative estimate of drug-likeness (QED) is 0.522. The number of H-pyrrole nitrogens is 1. The van der Waals surface area contributed by atoms with Crippen molar-refractivity contribution >= 4 is 45.9 Å². The van der Waals surface area contributed by atoms with E-state index in [2.05, 4.69) is 4.98 Å². The predicted octanol–water partition coefficient (Wildman–Crippen LogP) is 3.87. The summed E-state index contributed by atoms with van der Waals surface area (Å²) in [5.41, 5.74) is 0.420. The zero-order valence-electron chi connectivity index (χ0n) is 12.2. The lowest BCUT2D eigenvalue weighted by molar-refractivity contribution is -0.152. The lowest BCUT2D eigenvalue weighted by atomic mass is 10.1. The second-order valence-corrected chi connectivity index (χ2v) is 7.36. The van der Waals surface area contributed by atoms with Gasteiger partial charge in [-0.05, 0) is 19.9 Å². The zero-order chi connectivity index (χ0) is 16.1. The number of Topliss-reactive ketones (excluding diaryl/α,β-unsaturated/α-hetero) is 1. The van der Waals surface area contributed by atoms with E-state index in [1.165, 1.54) is 0 Å². The van der Waals surface area contributed by atoms with Gasteiger partial charge < -0.3 is 9.72 Å². The number of halogens is 2. The summed E-state index contributed by atoms with van der Waals surface area (Å²) in [6.45, 7) is 3.19. The Balaban J connectivity index is 1.77. The first-order valence-corrected chi connectivity index (χ1v) is 7.71. The minimum Gasteiger partial charge on any atom is -0.454 e. The van der Waals surface area contributed by atoms with Crippen molar-refractivity contribution in [2.45, 2.75) is 30.7 Å². The van der Waals surface area contributed by atoms with E-state index in [1.54, 1.807) is 20.0 Å². The number of nitrogens with one attached hydrogen (secondary N) is 1. The molecule has 1 aliphatic carbocycles. The van der Waals surface area contributed by atoms with Crippen LogP contribution >= 0.6 is 23.2 Å². The third-order valence-electron chi connectivity index (χ3n) is 4.22. The number of rotatable bonds is 4. The molecule has 1 heterocycles. The summed E-state index contributed by atoms with van der Waals surface area (Å²) in [6.07, 6.45) is 1.06. The number of carbonyl (C=O) groups is 2. The molecule has 6 heteroatoms. The Kier molecular flexibility index (Phi) is 3.49. The molecule has 0 spiro atoms. The smallest absolute Gasteiger partial charge is 0.315 e. The van der Waals surface area contributed by atoms with Crippen LogP contribution in [0.3, 0.4) is 0 Å². The number of para-hydroxylation sites is 1. The molecule has 3 rings (SSSR count). The molecular formula is C16H15Cl2NO3. The van der Waals surface area contributed by atoms with Crippen molar-refractivity contribution in [2.75, 3.05) is 0 Å². The minimum absolute atomic E-state index is 0.259. The van der Waals surface area contributed by atoms with Gasteiger partial charge in [-0.25, -0.2) is 0 Å². The van der Waals surface area contributed by atoms with Crippen LogP contribution in [0.4, 0.5) is 0 Å². The maximum absolute atomic E-state index is 12.5. The highest BCUT2D eigenvalue weighted by molar-refractivity contribution is 6.53. The van der Waals surface area contributed by atoms with Crippen molar-refractivity contribution in [3.63, 3.8) is 0 Å². The van der Waals surface area contributed by atoms with Gasteiger partial charge in [0.2, 0.25) is 5.78 Å². The number of fused-ring (bicyclic) bond motifs is 1. The molecule has 1 saturated carbocycles. The molecule has 0 aliphatic heterocycles. The number of carbonyl (C=O) groups excluding carboxylic acids is 2. The van der Waals surface area contributed by atoms with E-state index in [0.29, 0.717) is 12.0 Å². The van der Waals surface area contributed by atoms with Crippen LogP contribution in [0, 0.1) is 5.41 Å². The SMILES string of the molecule is C[C@H](OC(=O)[C@]1(C)CC1(Cl)Cl)C(=O)c1c[nH]c2ccccc12. The highest BCUT2D eigenvalue weighted by Gasteiger charge is 2.69.